The zero-order valence-corrected chi connectivity index (χ0v) is 7.07. The maximum absolute atomic E-state index is 11.6. The summed E-state index contributed by atoms with van der Waals surface area (Å²) in [5, 5.41) is 0. The quantitative estimate of drug-likeness (QED) is 0.537. The molecule has 0 atom stereocenters. The third kappa shape index (κ3) is 3.10. The van der Waals surface area contributed by atoms with Crippen LogP contribution in [0.2, 0.25) is 0 Å². The highest BCUT2D eigenvalue weighted by Crippen LogP contribution is 2.32. The summed E-state index contributed by atoms with van der Waals surface area (Å²) in [6.07, 6.45) is -3.97. The minimum Gasteiger partial charge on any atom is -0.305 e. The van der Waals surface area contributed by atoms with E-state index in [0.717, 1.165) is 0 Å². The standard InChI is InChI=1S/C5H8F3N.C2H6/c1-9-2-4(3-9)5(6,7)8;1-2/h4H,2-3H2,1H3;1-2H3. The normalized spacial score (nSPS) is 20.2. The van der Waals surface area contributed by atoms with E-state index in [0.29, 0.717) is 0 Å². The summed E-state index contributed by atoms with van der Waals surface area (Å²) in [4.78, 5) is 1.65. The summed E-state index contributed by atoms with van der Waals surface area (Å²) in [5.74, 6) is -1.07. The Kier molecular flexibility index (Phi) is 3.86. The fourth-order valence-electron chi connectivity index (χ4n) is 0.906. The molecule has 0 aromatic rings. The Morgan fingerprint density at radius 3 is 1.64 bits per heavy atom. The molecule has 1 heterocycles. The summed E-state index contributed by atoms with van der Waals surface area (Å²) >= 11 is 0. The van der Waals surface area contributed by atoms with Crippen LogP contribution in [-0.2, 0) is 0 Å². The topological polar surface area (TPSA) is 3.24 Å². The molecule has 1 fully saturated rings. The van der Waals surface area contributed by atoms with E-state index < -0.39 is 12.1 Å². The lowest BCUT2D eigenvalue weighted by atomic mass is 10.0. The van der Waals surface area contributed by atoms with Gasteiger partial charge in [0.1, 0.15) is 0 Å². The second-order valence-electron chi connectivity index (χ2n) is 2.46. The van der Waals surface area contributed by atoms with Crippen LogP contribution in [0.3, 0.4) is 0 Å². The van der Waals surface area contributed by atoms with Gasteiger partial charge >= 0.3 is 6.18 Å². The minimum atomic E-state index is -3.97. The smallest absolute Gasteiger partial charge is 0.305 e. The molecule has 11 heavy (non-hydrogen) atoms. The maximum Gasteiger partial charge on any atom is 0.394 e. The first-order chi connectivity index (χ1) is 5.00. The first-order valence-electron chi connectivity index (χ1n) is 3.75. The van der Waals surface area contributed by atoms with E-state index in [2.05, 4.69) is 0 Å². The number of rotatable bonds is 0. The zero-order chi connectivity index (χ0) is 9.07. The number of hydrogen-bond acceptors (Lipinski definition) is 1. The molecule has 0 unspecified atom stereocenters. The lowest BCUT2D eigenvalue weighted by Crippen LogP contribution is -2.50. The average Bonchev–Trinajstić information content (AvgIpc) is 1.84. The van der Waals surface area contributed by atoms with Crippen LogP contribution >= 0.6 is 0 Å². The molecule has 1 aliphatic rings. The Morgan fingerprint density at radius 2 is 1.55 bits per heavy atom. The highest BCUT2D eigenvalue weighted by molar-refractivity contribution is 4.82. The van der Waals surface area contributed by atoms with E-state index in [-0.39, 0.29) is 13.1 Å². The van der Waals surface area contributed by atoms with Gasteiger partial charge in [-0.1, -0.05) is 13.8 Å². The molecule has 0 aromatic carbocycles. The largest absolute Gasteiger partial charge is 0.394 e. The van der Waals surface area contributed by atoms with Gasteiger partial charge in [0.15, 0.2) is 0 Å². The molecule has 0 amide bonds. The van der Waals surface area contributed by atoms with Crippen LogP contribution in [0.15, 0.2) is 0 Å². The van der Waals surface area contributed by atoms with Crippen molar-refractivity contribution in [3.63, 3.8) is 0 Å². The Balaban J connectivity index is 0.000000461. The van der Waals surface area contributed by atoms with E-state index >= 15 is 0 Å². The van der Waals surface area contributed by atoms with Crippen molar-refractivity contribution < 1.29 is 13.2 Å². The Labute approximate surface area is 65.2 Å². The number of halogens is 3. The first kappa shape index (κ1) is 10.8. The summed E-state index contributed by atoms with van der Waals surface area (Å²) in [7, 11) is 1.68. The molecule has 4 heteroatoms. The van der Waals surface area contributed by atoms with Gasteiger partial charge in [-0.25, -0.2) is 0 Å². The second kappa shape index (κ2) is 3.95. The maximum atomic E-state index is 11.6. The highest BCUT2D eigenvalue weighted by atomic mass is 19.4. The molecule has 0 saturated carbocycles. The molecule has 1 rings (SSSR count). The van der Waals surface area contributed by atoms with Crippen molar-refractivity contribution in [3.8, 4) is 0 Å². The average molecular weight is 169 g/mol. The van der Waals surface area contributed by atoms with Crippen LogP contribution in [-0.4, -0.2) is 31.2 Å². The van der Waals surface area contributed by atoms with Crippen LogP contribution in [0.1, 0.15) is 13.8 Å². The number of nitrogens with zero attached hydrogens (tertiary/aromatic N) is 1. The molecule has 0 N–H and O–H groups in total. The van der Waals surface area contributed by atoms with Gasteiger partial charge in [-0.3, -0.25) is 0 Å². The third-order valence-electron chi connectivity index (χ3n) is 1.53. The highest BCUT2D eigenvalue weighted by Gasteiger charge is 2.45. The van der Waals surface area contributed by atoms with Crippen molar-refractivity contribution >= 4 is 0 Å². The van der Waals surface area contributed by atoms with E-state index in [9.17, 15) is 13.2 Å². The van der Waals surface area contributed by atoms with Crippen molar-refractivity contribution in [2.24, 2.45) is 5.92 Å². The van der Waals surface area contributed by atoms with Crippen molar-refractivity contribution in [1.82, 2.24) is 4.90 Å². The molecule has 0 radical (unpaired) electrons. The van der Waals surface area contributed by atoms with Crippen molar-refractivity contribution in [1.29, 1.82) is 0 Å². The first-order valence-corrected chi connectivity index (χ1v) is 3.75. The molecular formula is C7H14F3N. The van der Waals surface area contributed by atoms with Gasteiger partial charge in [0.25, 0.3) is 0 Å². The molecular weight excluding hydrogens is 155 g/mol. The molecule has 1 saturated heterocycles. The van der Waals surface area contributed by atoms with Crippen LogP contribution < -0.4 is 0 Å². The summed E-state index contributed by atoms with van der Waals surface area (Å²) in [6, 6.07) is 0. The van der Waals surface area contributed by atoms with Gasteiger partial charge in [-0.15, -0.1) is 0 Å². The number of likely N-dealkylation sites (tertiary alicyclic amines) is 1. The van der Waals surface area contributed by atoms with Crippen molar-refractivity contribution in [3.05, 3.63) is 0 Å². The number of alkyl halides is 3. The monoisotopic (exact) mass is 169 g/mol. The van der Waals surface area contributed by atoms with Gasteiger partial charge < -0.3 is 4.90 Å². The summed E-state index contributed by atoms with van der Waals surface area (Å²) in [6.45, 7) is 4.34. The van der Waals surface area contributed by atoms with Gasteiger partial charge in [0.05, 0.1) is 5.92 Å². The predicted molar refractivity (Wildman–Crippen MR) is 38.4 cm³/mol. The van der Waals surface area contributed by atoms with Crippen LogP contribution in [0.5, 0.6) is 0 Å². The zero-order valence-electron chi connectivity index (χ0n) is 7.07. The third-order valence-corrected chi connectivity index (χ3v) is 1.53. The Hall–Kier alpha value is -0.250. The van der Waals surface area contributed by atoms with E-state index in [1.54, 1.807) is 11.9 Å². The molecule has 0 aliphatic carbocycles. The molecule has 1 aliphatic heterocycles. The van der Waals surface area contributed by atoms with E-state index in [1.165, 1.54) is 0 Å². The molecule has 0 bridgehead atoms. The van der Waals surface area contributed by atoms with Crippen molar-refractivity contribution in [2.45, 2.75) is 20.0 Å². The number of hydrogen-bond donors (Lipinski definition) is 0. The lowest BCUT2D eigenvalue weighted by Gasteiger charge is -2.37. The predicted octanol–water partition coefficient (Wildman–Crippen LogP) is 2.14. The summed E-state index contributed by atoms with van der Waals surface area (Å²) in [5.41, 5.74) is 0. The second-order valence-corrected chi connectivity index (χ2v) is 2.46. The van der Waals surface area contributed by atoms with E-state index in [1.807, 2.05) is 13.8 Å². The Morgan fingerprint density at radius 1 is 1.18 bits per heavy atom. The molecule has 68 valence electrons. The van der Waals surface area contributed by atoms with Gasteiger partial charge in [0.2, 0.25) is 0 Å². The molecule has 1 nitrogen and oxygen atoms in total. The summed E-state index contributed by atoms with van der Waals surface area (Å²) < 4.78 is 34.9. The SMILES string of the molecule is CC.CN1CC(C(F)(F)F)C1. The minimum absolute atomic E-state index is 0.170. The van der Waals surface area contributed by atoms with Crippen LogP contribution in [0.25, 0.3) is 0 Å². The van der Waals surface area contributed by atoms with Crippen LogP contribution in [0.4, 0.5) is 13.2 Å². The van der Waals surface area contributed by atoms with Crippen molar-refractivity contribution in [2.75, 3.05) is 20.1 Å². The fourth-order valence-corrected chi connectivity index (χ4v) is 0.906. The fraction of sp³-hybridized carbons (Fsp3) is 1.00. The molecule has 0 spiro atoms. The van der Waals surface area contributed by atoms with E-state index in [4.69, 9.17) is 0 Å². The van der Waals surface area contributed by atoms with Crippen LogP contribution in [0, 0.1) is 5.92 Å². The van der Waals surface area contributed by atoms with Gasteiger partial charge in [-0.05, 0) is 7.05 Å². The van der Waals surface area contributed by atoms with Gasteiger partial charge in [0, 0.05) is 13.1 Å². The van der Waals surface area contributed by atoms with Gasteiger partial charge in [-0.2, -0.15) is 13.2 Å². The lowest BCUT2D eigenvalue weighted by molar-refractivity contribution is -0.205. The molecule has 0 aromatic heterocycles. The Bertz CT molecular complexity index is 105.